The van der Waals surface area contributed by atoms with E-state index in [4.69, 9.17) is 0 Å². The molecule has 1 N–H and O–H groups in total. The second-order valence-corrected chi connectivity index (χ2v) is 5.69. The van der Waals surface area contributed by atoms with Gasteiger partial charge in [-0.15, -0.1) is 11.3 Å². The highest BCUT2D eigenvalue weighted by atomic mass is 32.1. The van der Waals surface area contributed by atoms with Gasteiger partial charge in [-0.25, -0.2) is 4.98 Å². The lowest BCUT2D eigenvalue weighted by molar-refractivity contribution is -0.137. The predicted octanol–water partition coefficient (Wildman–Crippen LogP) is 4.09. The minimum Gasteiger partial charge on any atom is -0.309 e. The number of nitrogens with zero attached hydrogens (tertiary/aromatic N) is 1. The van der Waals surface area contributed by atoms with Gasteiger partial charge < -0.3 is 5.32 Å². The summed E-state index contributed by atoms with van der Waals surface area (Å²) in [4.78, 5) is 4.03. The third kappa shape index (κ3) is 3.02. The molecule has 0 fully saturated rings. The fourth-order valence-electron chi connectivity index (χ4n) is 1.97. The molecule has 2 nitrogen and oxygen atoms in total. The van der Waals surface area contributed by atoms with E-state index in [1.54, 1.807) is 7.05 Å². The van der Waals surface area contributed by atoms with Crippen LogP contribution in [-0.4, -0.2) is 12.0 Å². The highest BCUT2D eigenvalue weighted by Gasteiger charge is 2.35. The Bertz CT molecular complexity index is 605. The Kier molecular flexibility index (Phi) is 4.15. The number of nitrogens with one attached hydrogen (secondary N) is 1. The maximum absolute atomic E-state index is 12.6. The van der Waals surface area contributed by atoms with Crippen LogP contribution in [-0.2, 0) is 6.18 Å². The lowest BCUT2D eigenvalue weighted by Crippen LogP contribution is -2.16. The van der Waals surface area contributed by atoms with Crippen molar-refractivity contribution in [3.63, 3.8) is 0 Å². The SMILES string of the molecule is CNC(c1ccc(C)c(C)c1)c1cnc(C(F)(F)F)s1. The van der Waals surface area contributed by atoms with E-state index in [0.717, 1.165) is 16.7 Å². The van der Waals surface area contributed by atoms with Crippen LogP contribution >= 0.6 is 11.3 Å². The number of rotatable bonds is 3. The molecule has 1 unspecified atom stereocenters. The monoisotopic (exact) mass is 300 g/mol. The summed E-state index contributed by atoms with van der Waals surface area (Å²) < 4.78 is 37.8. The zero-order valence-electron chi connectivity index (χ0n) is 11.4. The van der Waals surface area contributed by atoms with Crippen molar-refractivity contribution >= 4 is 11.3 Å². The normalized spacial score (nSPS) is 13.5. The molecular weight excluding hydrogens is 285 g/mol. The average molecular weight is 300 g/mol. The Hall–Kier alpha value is -1.40. The van der Waals surface area contributed by atoms with Crippen LogP contribution in [0, 0.1) is 13.8 Å². The van der Waals surface area contributed by atoms with Gasteiger partial charge in [-0.05, 0) is 37.6 Å². The van der Waals surface area contributed by atoms with Crippen molar-refractivity contribution in [1.82, 2.24) is 10.3 Å². The second kappa shape index (κ2) is 5.54. The van der Waals surface area contributed by atoms with Crippen LogP contribution in [0.4, 0.5) is 13.2 Å². The molecule has 0 aliphatic heterocycles. The van der Waals surface area contributed by atoms with E-state index in [-0.39, 0.29) is 6.04 Å². The first-order valence-electron chi connectivity index (χ1n) is 6.10. The summed E-state index contributed by atoms with van der Waals surface area (Å²) in [5.41, 5.74) is 3.21. The highest BCUT2D eigenvalue weighted by molar-refractivity contribution is 7.11. The Balaban J connectivity index is 2.37. The van der Waals surface area contributed by atoms with E-state index in [1.807, 2.05) is 32.0 Å². The van der Waals surface area contributed by atoms with Crippen LogP contribution in [0.3, 0.4) is 0 Å². The molecule has 1 aromatic carbocycles. The average Bonchev–Trinajstić information content (AvgIpc) is 2.84. The van der Waals surface area contributed by atoms with Gasteiger partial charge >= 0.3 is 6.18 Å². The summed E-state index contributed by atoms with van der Waals surface area (Å²) in [5, 5.41) is 2.24. The van der Waals surface area contributed by atoms with Crippen LogP contribution < -0.4 is 5.32 Å². The summed E-state index contributed by atoms with van der Waals surface area (Å²) >= 11 is 0.679. The van der Waals surface area contributed by atoms with Gasteiger partial charge in [0.05, 0.1) is 6.04 Å². The Morgan fingerprint density at radius 2 is 1.90 bits per heavy atom. The molecule has 0 spiro atoms. The minimum absolute atomic E-state index is 0.275. The Labute approximate surface area is 119 Å². The highest BCUT2D eigenvalue weighted by Crippen LogP contribution is 2.36. The molecule has 0 bridgehead atoms. The Morgan fingerprint density at radius 1 is 1.20 bits per heavy atom. The van der Waals surface area contributed by atoms with Crippen molar-refractivity contribution in [2.24, 2.45) is 0 Å². The zero-order valence-corrected chi connectivity index (χ0v) is 12.2. The molecular formula is C14H15F3N2S. The summed E-state index contributed by atoms with van der Waals surface area (Å²) in [6.07, 6.45) is -3.09. The fourth-order valence-corrected chi connectivity index (χ4v) is 2.89. The van der Waals surface area contributed by atoms with Gasteiger partial charge in [-0.1, -0.05) is 18.2 Å². The standard InChI is InChI=1S/C14H15F3N2S/c1-8-4-5-10(6-9(8)2)12(18-3)11-7-19-13(20-11)14(15,16)17/h4-7,12,18H,1-3H3. The number of alkyl halides is 3. The van der Waals surface area contributed by atoms with Gasteiger partial charge in [0.15, 0.2) is 5.01 Å². The molecule has 108 valence electrons. The number of thiazole rings is 1. The molecule has 1 aromatic heterocycles. The maximum Gasteiger partial charge on any atom is 0.443 e. The van der Waals surface area contributed by atoms with E-state index in [1.165, 1.54) is 6.20 Å². The molecule has 0 saturated heterocycles. The first-order chi connectivity index (χ1) is 9.32. The van der Waals surface area contributed by atoms with Gasteiger partial charge in [-0.2, -0.15) is 13.2 Å². The largest absolute Gasteiger partial charge is 0.443 e. The number of hydrogen-bond acceptors (Lipinski definition) is 3. The zero-order chi connectivity index (χ0) is 14.9. The minimum atomic E-state index is -4.38. The van der Waals surface area contributed by atoms with Crippen LogP contribution in [0.2, 0.25) is 0 Å². The molecule has 6 heteroatoms. The first-order valence-corrected chi connectivity index (χ1v) is 6.92. The molecule has 0 radical (unpaired) electrons. The van der Waals surface area contributed by atoms with Crippen molar-refractivity contribution in [2.75, 3.05) is 7.05 Å². The molecule has 0 saturated carbocycles. The quantitative estimate of drug-likeness (QED) is 0.923. The van der Waals surface area contributed by atoms with Crippen molar-refractivity contribution < 1.29 is 13.2 Å². The van der Waals surface area contributed by atoms with Gasteiger partial charge in [-0.3, -0.25) is 0 Å². The van der Waals surface area contributed by atoms with Crippen molar-refractivity contribution in [3.05, 3.63) is 51.0 Å². The summed E-state index contributed by atoms with van der Waals surface area (Å²) in [6.45, 7) is 3.99. The predicted molar refractivity (Wildman–Crippen MR) is 73.9 cm³/mol. The topological polar surface area (TPSA) is 24.9 Å². The number of hydrogen-bond donors (Lipinski definition) is 1. The molecule has 2 aromatic rings. The fraction of sp³-hybridized carbons (Fsp3) is 0.357. The third-order valence-electron chi connectivity index (χ3n) is 3.20. The van der Waals surface area contributed by atoms with E-state index < -0.39 is 11.2 Å². The molecule has 2 rings (SSSR count). The van der Waals surface area contributed by atoms with Gasteiger partial charge in [0.25, 0.3) is 0 Å². The molecule has 0 aliphatic rings. The molecule has 0 aliphatic carbocycles. The second-order valence-electron chi connectivity index (χ2n) is 4.63. The molecule has 1 atom stereocenters. The number of aromatic nitrogens is 1. The molecule has 20 heavy (non-hydrogen) atoms. The number of halogens is 3. The van der Waals surface area contributed by atoms with Crippen LogP contribution in [0.15, 0.2) is 24.4 Å². The van der Waals surface area contributed by atoms with Crippen LogP contribution in [0.1, 0.15) is 32.6 Å². The lowest BCUT2D eigenvalue weighted by atomic mass is 10.0. The number of aryl methyl sites for hydroxylation is 2. The summed E-state index contributed by atoms with van der Waals surface area (Å²) in [5.74, 6) is 0. The van der Waals surface area contributed by atoms with Gasteiger partial charge in [0, 0.05) is 11.1 Å². The smallest absolute Gasteiger partial charge is 0.309 e. The lowest BCUT2D eigenvalue weighted by Gasteiger charge is -2.16. The van der Waals surface area contributed by atoms with Gasteiger partial charge in [0.1, 0.15) is 0 Å². The van der Waals surface area contributed by atoms with Crippen LogP contribution in [0.25, 0.3) is 0 Å². The van der Waals surface area contributed by atoms with E-state index in [2.05, 4.69) is 10.3 Å². The van der Waals surface area contributed by atoms with E-state index in [0.29, 0.717) is 16.2 Å². The maximum atomic E-state index is 12.6. The molecule has 1 heterocycles. The van der Waals surface area contributed by atoms with Crippen molar-refractivity contribution in [3.8, 4) is 0 Å². The third-order valence-corrected chi connectivity index (χ3v) is 4.31. The number of benzene rings is 1. The van der Waals surface area contributed by atoms with Gasteiger partial charge in [0.2, 0.25) is 0 Å². The first kappa shape index (κ1) is 15.0. The van der Waals surface area contributed by atoms with Crippen molar-refractivity contribution in [2.45, 2.75) is 26.1 Å². The molecule has 0 amide bonds. The summed E-state index contributed by atoms with van der Waals surface area (Å²) in [7, 11) is 1.73. The van der Waals surface area contributed by atoms with Crippen LogP contribution in [0.5, 0.6) is 0 Å². The van der Waals surface area contributed by atoms with E-state index >= 15 is 0 Å². The Morgan fingerprint density at radius 3 is 2.40 bits per heavy atom. The van der Waals surface area contributed by atoms with Crippen molar-refractivity contribution in [1.29, 1.82) is 0 Å². The summed E-state index contributed by atoms with van der Waals surface area (Å²) in [6, 6.07) is 5.61. The van der Waals surface area contributed by atoms with E-state index in [9.17, 15) is 13.2 Å².